The van der Waals surface area contributed by atoms with Crippen LogP contribution in [0.15, 0.2) is 30.3 Å². The van der Waals surface area contributed by atoms with Gasteiger partial charge in [-0.15, -0.1) is 0 Å². The molecule has 0 fully saturated rings. The minimum Gasteiger partial charge on any atom is -0.267 e. The highest BCUT2D eigenvalue weighted by molar-refractivity contribution is 5.28. The standard InChI is InChI=1S/C13H11F5N2/c1-20-11(12(14)15)7-10(19-20)6-8-2-4-9(5-3-8)13(16,17)18/h2-5,7,12H,6H2,1H3. The Morgan fingerprint density at radius 2 is 1.75 bits per heavy atom. The van der Waals surface area contributed by atoms with Crippen molar-refractivity contribution in [3.05, 3.63) is 52.8 Å². The number of hydrogen-bond acceptors (Lipinski definition) is 1. The van der Waals surface area contributed by atoms with Gasteiger partial charge in [0.25, 0.3) is 6.43 Å². The van der Waals surface area contributed by atoms with Gasteiger partial charge in [0, 0.05) is 13.5 Å². The Balaban J connectivity index is 2.16. The first kappa shape index (κ1) is 14.5. The average Bonchev–Trinajstić information content (AvgIpc) is 2.70. The lowest BCUT2D eigenvalue weighted by atomic mass is 10.1. The average molecular weight is 290 g/mol. The molecule has 1 aromatic carbocycles. The van der Waals surface area contributed by atoms with E-state index in [1.54, 1.807) is 0 Å². The first-order valence-corrected chi connectivity index (χ1v) is 5.74. The highest BCUT2D eigenvalue weighted by Crippen LogP contribution is 2.29. The van der Waals surface area contributed by atoms with Gasteiger partial charge in [0.05, 0.1) is 11.3 Å². The van der Waals surface area contributed by atoms with Crippen molar-refractivity contribution in [2.45, 2.75) is 19.0 Å². The van der Waals surface area contributed by atoms with Crippen molar-refractivity contribution in [3.8, 4) is 0 Å². The zero-order valence-corrected chi connectivity index (χ0v) is 10.5. The maximum Gasteiger partial charge on any atom is 0.416 e. The van der Waals surface area contributed by atoms with Gasteiger partial charge in [-0.25, -0.2) is 8.78 Å². The van der Waals surface area contributed by atoms with Gasteiger partial charge >= 0.3 is 6.18 Å². The van der Waals surface area contributed by atoms with E-state index in [0.29, 0.717) is 11.3 Å². The first-order valence-electron chi connectivity index (χ1n) is 5.74. The largest absolute Gasteiger partial charge is 0.416 e. The second-order valence-corrected chi connectivity index (χ2v) is 4.36. The van der Waals surface area contributed by atoms with Gasteiger partial charge in [-0.2, -0.15) is 18.3 Å². The van der Waals surface area contributed by atoms with Gasteiger partial charge < -0.3 is 0 Å². The molecule has 0 amide bonds. The van der Waals surface area contributed by atoms with Crippen LogP contribution in [0.2, 0.25) is 0 Å². The minimum absolute atomic E-state index is 0.207. The van der Waals surface area contributed by atoms with Crippen LogP contribution in [0.3, 0.4) is 0 Å². The molecular weight excluding hydrogens is 279 g/mol. The molecule has 108 valence electrons. The van der Waals surface area contributed by atoms with E-state index in [1.807, 2.05) is 0 Å². The van der Waals surface area contributed by atoms with E-state index in [9.17, 15) is 22.0 Å². The Morgan fingerprint density at radius 1 is 1.15 bits per heavy atom. The first-order chi connectivity index (χ1) is 9.27. The molecule has 0 saturated heterocycles. The summed E-state index contributed by atoms with van der Waals surface area (Å²) in [6.45, 7) is 0. The fourth-order valence-corrected chi connectivity index (χ4v) is 1.85. The highest BCUT2D eigenvalue weighted by atomic mass is 19.4. The summed E-state index contributed by atoms with van der Waals surface area (Å²) < 4.78 is 63.4. The third kappa shape index (κ3) is 3.15. The number of nitrogens with zero attached hydrogens (tertiary/aromatic N) is 2. The molecule has 0 aliphatic carbocycles. The van der Waals surface area contributed by atoms with E-state index in [-0.39, 0.29) is 12.1 Å². The normalized spacial score (nSPS) is 12.2. The van der Waals surface area contributed by atoms with Crippen molar-refractivity contribution in [2.75, 3.05) is 0 Å². The van der Waals surface area contributed by atoms with Crippen molar-refractivity contribution in [1.82, 2.24) is 9.78 Å². The zero-order chi connectivity index (χ0) is 14.9. The molecule has 1 heterocycles. The molecule has 0 unspecified atom stereocenters. The molecular formula is C13H11F5N2. The highest BCUT2D eigenvalue weighted by Gasteiger charge is 2.29. The van der Waals surface area contributed by atoms with Gasteiger partial charge in [0.1, 0.15) is 5.69 Å². The van der Waals surface area contributed by atoms with Crippen molar-refractivity contribution in [2.24, 2.45) is 7.05 Å². The van der Waals surface area contributed by atoms with Crippen molar-refractivity contribution in [3.63, 3.8) is 0 Å². The lowest BCUT2D eigenvalue weighted by Crippen LogP contribution is -2.04. The van der Waals surface area contributed by atoms with E-state index in [4.69, 9.17) is 0 Å². The molecule has 0 atom stereocenters. The lowest BCUT2D eigenvalue weighted by molar-refractivity contribution is -0.137. The Hall–Kier alpha value is -1.92. The SMILES string of the molecule is Cn1nc(Cc2ccc(C(F)(F)F)cc2)cc1C(F)F. The predicted molar refractivity (Wildman–Crippen MR) is 62.4 cm³/mol. The van der Waals surface area contributed by atoms with E-state index >= 15 is 0 Å². The topological polar surface area (TPSA) is 17.8 Å². The zero-order valence-electron chi connectivity index (χ0n) is 10.5. The third-order valence-electron chi connectivity index (χ3n) is 2.86. The molecule has 0 aliphatic rings. The number of rotatable bonds is 3. The lowest BCUT2D eigenvalue weighted by Gasteiger charge is -2.06. The molecule has 0 spiro atoms. The number of benzene rings is 1. The van der Waals surface area contributed by atoms with Gasteiger partial charge in [-0.1, -0.05) is 12.1 Å². The molecule has 0 radical (unpaired) electrons. The number of halogens is 5. The molecule has 0 saturated carbocycles. The Bertz CT molecular complexity index is 584. The fourth-order valence-electron chi connectivity index (χ4n) is 1.85. The summed E-state index contributed by atoms with van der Waals surface area (Å²) in [6, 6.07) is 5.82. The minimum atomic E-state index is -4.38. The van der Waals surface area contributed by atoms with Crippen LogP contribution >= 0.6 is 0 Å². The van der Waals surface area contributed by atoms with Crippen LogP contribution in [0.25, 0.3) is 0 Å². The molecule has 20 heavy (non-hydrogen) atoms. The maximum absolute atomic E-state index is 12.6. The maximum atomic E-state index is 12.6. The van der Waals surface area contributed by atoms with Crippen molar-refractivity contribution in [1.29, 1.82) is 0 Å². The second-order valence-electron chi connectivity index (χ2n) is 4.36. The van der Waals surface area contributed by atoms with E-state index in [0.717, 1.165) is 16.8 Å². The van der Waals surface area contributed by atoms with Gasteiger partial charge in [-0.05, 0) is 23.8 Å². The molecule has 2 rings (SSSR count). The van der Waals surface area contributed by atoms with Crippen LogP contribution < -0.4 is 0 Å². The molecule has 0 bridgehead atoms. The van der Waals surface area contributed by atoms with Crippen molar-refractivity contribution < 1.29 is 22.0 Å². The van der Waals surface area contributed by atoms with Gasteiger partial charge in [-0.3, -0.25) is 4.68 Å². The number of hydrogen-bond donors (Lipinski definition) is 0. The van der Waals surface area contributed by atoms with Crippen molar-refractivity contribution >= 4 is 0 Å². The molecule has 0 N–H and O–H groups in total. The quantitative estimate of drug-likeness (QED) is 0.782. The summed E-state index contributed by atoms with van der Waals surface area (Å²) >= 11 is 0. The summed E-state index contributed by atoms with van der Waals surface area (Å²) in [5, 5.41) is 3.91. The van der Waals surface area contributed by atoms with Crippen LogP contribution in [0.4, 0.5) is 22.0 Å². The molecule has 1 aromatic heterocycles. The van der Waals surface area contributed by atoms with Gasteiger partial charge in [0.2, 0.25) is 0 Å². The Morgan fingerprint density at radius 3 is 2.20 bits per heavy atom. The van der Waals surface area contributed by atoms with Crippen LogP contribution in [-0.4, -0.2) is 9.78 Å². The summed E-state index contributed by atoms with van der Waals surface area (Å²) in [4.78, 5) is 0. The summed E-state index contributed by atoms with van der Waals surface area (Å²) in [5.41, 5.74) is 0.0157. The van der Waals surface area contributed by atoms with E-state index in [2.05, 4.69) is 5.10 Å². The smallest absolute Gasteiger partial charge is 0.267 e. The van der Waals surface area contributed by atoms with Crippen LogP contribution in [-0.2, 0) is 19.6 Å². The van der Waals surface area contributed by atoms with Crippen LogP contribution in [0.1, 0.15) is 28.9 Å². The summed E-state index contributed by atoms with van der Waals surface area (Å²) in [7, 11) is 1.40. The van der Waals surface area contributed by atoms with E-state index in [1.165, 1.54) is 25.2 Å². The monoisotopic (exact) mass is 290 g/mol. The number of aromatic nitrogens is 2. The molecule has 2 aromatic rings. The predicted octanol–water partition coefficient (Wildman–Crippen LogP) is 3.97. The molecule has 2 nitrogen and oxygen atoms in total. The fraction of sp³-hybridized carbons (Fsp3) is 0.308. The van der Waals surface area contributed by atoms with E-state index < -0.39 is 18.2 Å². The summed E-state index contributed by atoms with van der Waals surface area (Å²) in [5.74, 6) is 0. The summed E-state index contributed by atoms with van der Waals surface area (Å²) in [6.07, 6.45) is -6.81. The van der Waals surface area contributed by atoms with Crippen LogP contribution in [0.5, 0.6) is 0 Å². The second kappa shape index (κ2) is 5.22. The van der Waals surface area contributed by atoms with Crippen LogP contribution in [0, 0.1) is 0 Å². The Labute approximate surface area is 111 Å². The Kier molecular flexibility index (Phi) is 3.78. The molecule has 0 aliphatic heterocycles. The number of alkyl halides is 5. The number of aryl methyl sites for hydroxylation is 1. The third-order valence-corrected chi connectivity index (χ3v) is 2.86. The van der Waals surface area contributed by atoms with Gasteiger partial charge in [0.15, 0.2) is 0 Å². The molecule has 7 heteroatoms.